The van der Waals surface area contributed by atoms with Crippen LogP contribution in [-0.2, 0) is 12.8 Å². The van der Waals surface area contributed by atoms with Gasteiger partial charge in [0.25, 0.3) is 0 Å². The molecule has 0 atom stereocenters. The van der Waals surface area contributed by atoms with Crippen molar-refractivity contribution in [3.63, 3.8) is 0 Å². The maximum atomic E-state index is 5.60. The first kappa shape index (κ1) is 16.1. The van der Waals surface area contributed by atoms with Crippen molar-refractivity contribution in [2.24, 2.45) is 5.73 Å². The molecule has 0 spiro atoms. The lowest BCUT2D eigenvalue weighted by Crippen LogP contribution is -2.33. The monoisotopic (exact) mass is 292 g/mol. The molecule has 21 heavy (non-hydrogen) atoms. The highest BCUT2D eigenvalue weighted by Gasteiger charge is 2.18. The van der Waals surface area contributed by atoms with E-state index in [1.807, 2.05) is 0 Å². The molecule has 1 aliphatic heterocycles. The number of nitrogens with zero attached hydrogens (tertiary/aromatic N) is 5. The van der Waals surface area contributed by atoms with E-state index in [4.69, 9.17) is 10.7 Å². The lowest BCUT2D eigenvalue weighted by molar-refractivity contribution is 0.291. The van der Waals surface area contributed by atoms with Gasteiger partial charge in [-0.15, -0.1) is 5.10 Å². The van der Waals surface area contributed by atoms with Gasteiger partial charge in [-0.25, -0.2) is 4.98 Å². The number of nitrogens with two attached hydrogens (primary N) is 1. The average Bonchev–Trinajstić information content (AvgIpc) is 2.77. The van der Waals surface area contributed by atoms with Gasteiger partial charge < -0.3 is 15.5 Å². The Hall–Kier alpha value is -1.27. The molecule has 0 saturated carbocycles. The van der Waals surface area contributed by atoms with E-state index in [2.05, 4.69) is 33.8 Å². The highest BCUT2D eigenvalue weighted by molar-refractivity contribution is 5.30. The quantitative estimate of drug-likeness (QED) is 0.838. The normalized spacial score (nSPS) is 17.0. The summed E-state index contributed by atoms with van der Waals surface area (Å²) < 4.78 is 0. The van der Waals surface area contributed by atoms with Crippen LogP contribution in [0.1, 0.15) is 38.1 Å². The number of hydrogen-bond donors (Lipinski definition) is 1. The highest BCUT2D eigenvalue weighted by atomic mass is 15.3. The number of anilines is 1. The molecule has 2 heterocycles. The maximum Gasteiger partial charge on any atom is 0.245 e. The van der Waals surface area contributed by atoms with Crippen LogP contribution in [0.3, 0.4) is 0 Å². The number of rotatable bonds is 6. The van der Waals surface area contributed by atoms with E-state index in [0.29, 0.717) is 0 Å². The summed E-state index contributed by atoms with van der Waals surface area (Å²) >= 11 is 0. The smallest absolute Gasteiger partial charge is 0.245 e. The average molecular weight is 292 g/mol. The molecule has 0 unspecified atom stereocenters. The summed E-state index contributed by atoms with van der Waals surface area (Å²) in [6.45, 7) is 10.3. The zero-order valence-corrected chi connectivity index (χ0v) is 13.4. The second kappa shape index (κ2) is 8.24. The van der Waals surface area contributed by atoms with Gasteiger partial charge in [-0.05, 0) is 45.3 Å². The van der Waals surface area contributed by atoms with Crippen LogP contribution in [0.2, 0.25) is 0 Å². The first-order valence-electron chi connectivity index (χ1n) is 8.18. The summed E-state index contributed by atoms with van der Waals surface area (Å²) in [5.41, 5.74) is 7.71. The molecule has 1 aromatic heterocycles. The van der Waals surface area contributed by atoms with Gasteiger partial charge in [0.1, 0.15) is 0 Å². The Balaban J connectivity index is 2.01. The zero-order valence-electron chi connectivity index (χ0n) is 13.4. The Labute approximate surface area is 127 Å². The summed E-state index contributed by atoms with van der Waals surface area (Å²) in [7, 11) is 0. The molecule has 6 heteroatoms. The number of aromatic nitrogens is 3. The van der Waals surface area contributed by atoms with Crippen LogP contribution < -0.4 is 10.6 Å². The third kappa shape index (κ3) is 4.35. The Morgan fingerprint density at radius 1 is 1.00 bits per heavy atom. The Bertz CT molecular complexity index is 436. The van der Waals surface area contributed by atoms with Crippen molar-refractivity contribution in [3.05, 3.63) is 11.4 Å². The van der Waals surface area contributed by atoms with Crippen LogP contribution in [0, 0.1) is 0 Å². The minimum absolute atomic E-state index is 0.769. The SMILES string of the molecule is CCc1nnc(N2CCCN(CCCN)CC2)nc1CC. The van der Waals surface area contributed by atoms with Crippen molar-refractivity contribution in [2.75, 3.05) is 44.2 Å². The molecule has 118 valence electrons. The van der Waals surface area contributed by atoms with Crippen molar-refractivity contribution in [1.82, 2.24) is 20.1 Å². The van der Waals surface area contributed by atoms with E-state index >= 15 is 0 Å². The van der Waals surface area contributed by atoms with Crippen molar-refractivity contribution in [1.29, 1.82) is 0 Å². The molecule has 0 bridgehead atoms. The number of aryl methyl sites for hydroxylation is 2. The van der Waals surface area contributed by atoms with Gasteiger partial charge >= 0.3 is 0 Å². The lowest BCUT2D eigenvalue weighted by Gasteiger charge is -2.22. The van der Waals surface area contributed by atoms with Crippen LogP contribution in [0.5, 0.6) is 0 Å². The van der Waals surface area contributed by atoms with Crippen molar-refractivity contribution >= 4 is 5.95 Å². The fraction of sp³-hybridized carbons (Fsp3) is 0.800. The van der Waals surface area contributed by atoms with Gasteiger partial charge in [0.15, 0.2) is 0 Å². The van der Waals surface area contributed by atoms with Crippen LogP contribution in [0.4, 0.5) is 5.95 Å². The highest BCUT2D eigenvalue weighted by Crippen LogP contribution is 2.13. The molecule has 0 radical (unpaired) electrons. The van der Waals surface area contributed by atoms with Gasteiger partial charge in [0.05, 0.1) is 11.4 Å². The standard InChI is InChI=1S/C15H28N6/c1-3-13-14(4-2)18-19-15(17-13)21-10-6-9-20(11-12-21)8-5-7-16/h3-12,16H2,1-2H3. The molecule has 1 fully saturated rings. The molecule has 1 saturated heterocycles. The first-order chi connectivity index (χ1) is 10.3. The van der Waals surface area contributed by atoms with E-state index in [9.17, 15) is 0 Å². The summed E-state index contributed by atoms with van der Waals surface area (Å²) in [5, 5.41) is 8.70. The molecule has 1 aliphatic rings. The molecule has 2 N–H and O–H groups in total. The van der Waals surface area contributed by atoms with Crippen molar-refractivity contribution < 1.29 is 0 Å². The second-order valence-electron chi connectivity index (χ2n) is 5.54. The van der Waals surface area contributed by atoms with Gasteiger partial charge in [0.2, 0.25) is 5.95 Å². The van der Waals surface area contributed by atoms with Crippen molar-refractivity contribution in [2.45, 2.75) is 39.5 Å². The van der Waals surface area contributed by atoms with E-state index in [0.717, 1.165) is 82.3 Å². The zero-order chi connectivity index (χ0) is 15.1. The molecule has 0 aliphatic carbocycles. The fourth-order valence-electron chi connectivity index (χ4n) is 2.77. The summed E-state index contributed by atoms with van der Waals surface area (Å²) in [6.07, 6.45) is 4.03. The lowest BCUT2D eigenvalue weighted by atomic mass is 10.2. The van der Waals surface area contributed by atoms with Crippen LogP contribution >= 0.6 is 0 Å². The topological polar surface area (TPSA) is 71.2 Å². The first-order valence-corrected chi connectivity index (χ1v) is 8.18. The van der Waals surface area contributed by atoms with E-state index in [1.165, 1.54) is 0 Å². The predicted molar refractivity (Wildman–Crippen MR) is 85.5 cm³/mol. The second-order valence-corrected chi connectivity index (χ2v) is 5.54. The molecule has 6 nitrogen and oxygen atoms in total. The molecular formula is C15H28N6. The van der Waals surface area contributed by atoms with Gasteiger partial charge in [0, 0.05) is 19.6 Å². The molecule has 0 aromatic carbocycles. The molecule has 2 rings (SSSR count). The Morgan fingerprint density at radius 2 is 1.81 bits per heavy atom. The van der Waals surface area contributed by atoms with Gasteiger partial charge in [-0.2, -0.15) is 5.10 Å². The molecule has 0 amide bonds. The Morgan fingerprint density at radius 3 is 2.52 bits per heavy atom. The number of hydrogen-bond acceptors (Lipinski definition) is 6. The van der Waals surface area contributed by atoms with Gasteiger partial charge in [-0.1, -0.05) is 13.8 Å². The summed E-state index contributed by atoms with van der Waals surface area (Å²) in [4.78, 5) is 9.49. The summed E-state index contributed by atoms with van der Waals surface area (Å²) in [5.74, 6) is 0.796. The third-order valence-electron chi connectivity index (χ3n) is 4.05. The van der Waals surface area contributed by atoms with Crippen LogP contribution in [0.15, 0.2) is 0 Å². The molecule has 1 aromatic rings. The molecular weight excluding hydrogens is 264 g/mol. The largest absolute Gasteiger partial charge is 0.338 e. The van der Waals surface area contributed by atoms with Crippen LogP contribution in [0.25, 0.3) is 0 Å². The van der Waals surface area contributed by atoms with Crippen LogP contribution in [-0.4, -0.2) is 59.3 Å². The Kier molecular flexibility index (Phi) is 6.32. The van der Waals surface area contributed by atoms with E-state index in [1.54, 1.807) is 0 Å². The van der Waals surface area contributed by atoms with Gasteiger partial charge in [-0.3, -0.25) is 0 Å². The predicted octanol–water partition coefficient (Wildman–Crippen LogP) is 0.857. The van der Waals surface area contributed by atoms with E-state index in [-0.39, 0.29) is 0 Å². The van der Waals surface area contributed by atoms with Crippen molar-refractivity contribution in [3.8, 4) is 0 Å². The summed E-state index contributed by atoms with van der Waals surface area (Å²) in [6, 6.07) is 0. The van der Waals surface area contributed by atoms with E-state index < -0.39 is 0 Å². The minimum atomic E-state index is 0.769. The minimum Gasteiger partial charge on any atom is -0.338 e. The fourth-order valence-corrected chi connectivity index (χ4v) is 2.77. The maximum absolute atomic E-state index is 5.60. The third-order valence-corrected chi connectivity index (χ3v) is 4.05.